The highest BCUT2D eigenvalue weighted by molar-refractivity contribution is 5.92. The van der Waals surface area contributed by atoms with Crippen LogP contribution in [0.3, 0.4) is 0 Å². The van der Waals surface area contributed by atoms with Crippen molar-refractivity contribution in [2.24, 2.45) is 0 Å². The number of hydrogen-bond donors (Lipinski definition) is 1. The molecule has 0 aliphatic carbocycles. The zero-order chi connectivity index (χ0) is 14.9. The average Bonchev–Trinajstić information content (AvgIpc) is 2.87. The van der Waals surface area contributed by atoms with Crippen LogP contribution in [-0.2, 0) is 0 Å². The number of nitro groups is 2. The second kappa shape index (κ2) is 4.72. The molecule has 1 N–H and O–H groups in total. The lowest BCUT2D eigenvalue weighted by Crippen LogP contribution is -2.07. The predicted molar refractivity (Wildman–Crippen MR) is 61.6 cm³/mol. The molecule has 0 aliphatic heterocycles. The van der Waals surface area contributed by atoms with E-state index in [9.17, 15) is 25.0 Å². The van der Waals surface area contributed by atoms with Crippen LogP contribution in [0.1, 0.15) is 10.4 Å². The molecule has 0 radical (unpaired) electrons. The van der Waals surface area contributed by atoms with Crippen LogP contribution < -0.4 is 0 Å². The standard InChI is InChI=1S/C9H5N5O6/c15-8(16)6-2-1-5(13(17)18)3-7(6)12-4-10-9(11-12)14(19)20/h1-4H,(H,15,16). The summed E-state index contributed by atoms with van der Waals surface area (Å²) in [6.07, 6.45) is 0.906. The maximum atomic E-state index is 11.1. The summed E-state index contributed by atoms with van der Waals surface area (Å²) in [4.78, 5) is 34.0. The summed E-state index contributed by atoms with van der Waals surface area (Å²) in [5.41, 5.74) is -0.856. The number of nitro benzene ring substituents is 1. The summed E-state index contributed by atoms with van der Waals surface area (Å²) in [6, 6.07) is 2.98. The maximum absolute atomic E-state index is 11.1. The Morgan fingerprint density at radius 3 is 2.45 bits per heavy atom. The average molecular weight is 279 g/mol. The van der Waals surface area contributed by atoms with Gasteiger partial charge in [0, 0.05) is 17.2 Å². The molecule has 11 nitrogen and oxygen atoms in total. The number of aromatic nitrogens is 3. The van der Waals surface area contributed by atoms with Crippen molar-refractivity contribution in [3.63, 3.8) is 0 Å². The molecule has 1 aromatic carbocycles. The Labute approximate surface area is 109 Å². The van der Waals surface area contributed by atoms with Crippen molar-refractivity contribution >= 4 is 17.6 Å². The number of rotatable bonds is 4. The Balaban J connectivity index is 2.62. The normalized spacial score (nSPS) is 10.2. The second-order valence-corrected chi connectivity index (χ2v) is 3.51. The van der Waals surface area contributed by atoms with Gasteiger partial charge in [0.1, 0.15) is 5.69 Å². The molecule has 0 bridgehead atoms. The molecule has 0 atom stereocenters. The summed E-state index contributed by atoms with van der Waals surface area (Å²) in [7, 11) is 0. The van der Waals surface area contributed by atoms with E-state index in [1.165, 1.54) is 0 Å². The summed E-state index contributed by atoms with van der Waals surface area (Å²) in [5, 5.41) is 33.6. The van der Waals surface area contributed by atoms with Crippen molar-refractivity contribution in [1.82, 2.24) is 14.8 Å². The minimum Gasteiger partial charge on any atom is -0.478 e. The molecule has 0 saturated carbocycles. The number of aromatic carboxylic acids is 1. The molecule has 0 saturated heterocycles. The van der Waals surface area contributed by atoms with Crippen LogP contribution in [0.2, 0.25) is 0 Å². The van der Waals surface area contributed by atoms with Gasteiger partial charge in [-0.25, -0.2) is 4.79 Å². The summed E-state index contributed by atoms with van der Waals surface area (Å²) >= 11 is 0. The first-order valence-electron chi connectivity index (χ1n) is 4.98. The fourth-order valence-electron chi connectivity index (χ4n) is 1.46. The zero-order valence-electron chi connectivity index (χ0n) is 9.53. The smallest absolute Gasteiger partial charge is 0.478 e. The van der Waals surface area contributed by atoms with E-state index in [4.69, 9.17) is 5.11 Å². The Morgan fingerprint density at radius 2 is 1.95 bits per heavy atom. The van der Waals surface area contributed by atoms with Crippen LogP contribution in [0, 0.1) is 20.2 Å². The molecule has 102 valence electrons. The Kier molecular flexibility index (Phi) is 3.08. The Morgan fingerprint density at radius 1 is 1.25 bits per heavy atom. The van der Waals surface area contributed by atoms with Crippen molar-refractivity contribution in [3.8, 4) is 5.69 Å². The molecule has 2 aromatic rings. The highest BCUT2D eigenvalue weighted by Gasteiger charge is 2.22. The molecule has 0 amide bonds. The summed E-state index contributed by atoms with van der Waals surface area (Å²) in [6.45, 7) is 0. The van der Waals surface area contributed by atoms with Crippen molar-refractivity contribution in [3.05, 3.63) is 50.3 Å². The Hall–Kier alpha value is -3.37. The van der Waals surface area contributed by atoms with Crippen molar-refractivity contribution < 1.29 is 19.7 Å². The van der Waals surface area contributed by atoms with Crippen LogP contribution in [0.15, 0.2) is 24.5 Å². The fourth-order valence-corrected chi connectivity index (χ4v) is 1.46. The molecule has 1 heterocycles. The van der Waals surface area contributed by atoms with Gasteiger partial charge in [-0.3, -0.25) is 10.1 Å². The van der Waals surface area contributed by atoms with Gasteiger partial charge in [0.25, 0.3) is 5.69 Å². The first kappa shape index (κ1) is 13.1. The molecule has 2 rings (SSSR count). The number of non-ortho nitro benzene ring substituents is 1. The number of carbonyl (C=O) groups is 1. The van der Waals surface area contributed by atoms with Crippen LogP contribution in [-0.4, -0.2) is 35.7 Å². The van der Waals surface area contributed by atoms with Gasteiger partial charge >= 0.3 is 11.9 Å². The SMILES string of the molecule is O=C(O)c1ccc([N+](=O)[O-])cc1-n1cnc([N+](=O)[O-])n1. The van der Waals surface area contributed by atoms with Crippen LogP contribution >= 0.6 is 0 Å². The van der Waals surface area contributed by atoms with Gasteiger partial charge in [-0.2, -0.15) is 0 Å². The Bertz CT molecular complexity index is 723. The number of nitrogens with zero attached hydrogens (tertiary/aromatic N) is 5. The topological polar surface area (TPSA) is 154 Å². The summed E-state index contributed by atoms with van der Waals surface area (Å²) in [5.74, 6) is -2.10. The van der Waals surface area contributed by atoms with E-state index in [2.05, 4.69) is 10.1 Å². The van der Waals surface area contributed by atoms with Gasteiger partial charge in [-0.1, -0.05) is 4.98 Å². The lowest BCUT2D eigenvalue weighted by Gasteiger charge is -2.02. The first-order chi connectivity index (χ1) is 9.40. The molecule has 0 fully saturated rings. The summed E-state index contributed by atoms with van der Waals surface area (Å²) < 4.78 is 0.800. The lowest BCUT2D eigenvalue weighted by atomic mass is 10.1. The van der Waals surface area contributed by atoms with E-state index >= 15 is 0 Å². The number of hydrogen-bond acceptors (Lipinski definition) is 7. The van der Waals surface area contributed by atoms with E-state index in [0.29, 0.717) is 0 Å². The number of benzene rings is 1. The third-order valence-corrected chi connectivity index (χ3v) is 2.31. The third-order valence-electron chi connectivity index (χ3n) is 2.31. The first-order valence-corrected chi connectivity index (χ1v) is 4.98. The van der Waals surface area contributed by atoms with Gasteiger partial charge in [0.05, 0.1) is 10.5 Å². The van der Waals surface area contributed by atoms with Gasteiger partial charge in [0.15, 0.2) is 0 Å². The largest absolute Gasteiger partial charge is 0.491 e. The second-order valence-electron chi connectivity index (χ2n) is 3.51. The van der Waals surface area contributed by atoms with E-state index in [-0.39, 0.29) is 16.9 Å². The van der Waals surface area contributed by atoms with E-state index < -0.39 is 21.8 Å². The van der Waals surface area contributed by atoms with Gasteiger partial charge in [-0.05, 0) is 11.0 Å². The molecular formula is C9H5N5O6. The van der Waals surface area contributed by atoms with Gasteiger partial charge in [0.2, 0.25) is 6.33 Å². The van der Waals surface area contributed by atoms with Crippen molar-refractivity contribution in [1.29, 1.82) is 0 Å². The zero-order valence-corrected chi connectivity index (χ0v) is 9.53. The van der Waals surface area contributed by atoms with Crippen molar-refractivity contribution in [2.45, 2.75) is 0 Å². The minimum absolute atomic E-state index is 0.188. The fraction of sp³-hybridized carbons (Fsp3) is 0. The van der Waals surface area contributed by atoms with Crippen LogP contribution in [0.5, 0.6) is 0 Å². The predicted octanol–water partition coefficient (Wildman–Crippen LogP) is 0.782. The van der Waals surface area contributed by atoms with Crippen LogP contribution in [0.25, 0.3) is 5.69 Å². The third kappa shape index (κ3) is 2.27. The maximum Gasteiger partial charge on any atom is 0.491 e. The quantitative estimate of drug-likeness (QED) is 0.635. The molecule has 0 aliphatic rings. The molecule has 0 unspecified atom stereocenters. The molecule has 20 heavy (non-hydrogen) atoms. The van der Waals surface area contributed by atoms with Gasteiger partial charge in [-0.15, -0.1) is 4.68 Å². The highest BCUT2D eigenvalue weighted by atomic mass is 16.6. The lowest BCUT2D eigenvalue weighted by molar-refractivity contribution is -0.394. The van der Waals surface area contributed by atoms with E-state index in [1.807, 2.05) is 0 Å². The monoisotopic (exact) mass is 279 g/mol. The highest BCUT2D eigenvalue weighted by Crippen LogP contribution is 2.21. The molecule has 0 spiro atoms. The molecule has 1 aromatic heterocycles. The van der Waals surface area contributed by atoms with Crippen molar-refractivity contribution in [2.75, 3.05) is 0 Å². The number of carboxylic acids is 1. The van der Waals surface area contributed by atoms with Crippen LogP contribution in [0.4, 0.5) is 11.6 Å². The molecule has 11 heteroatoms. The minimum atomic E-state index is -1.35. The van der Waals surface area contributed by atoms with Gasteiger partial charge < -0.3 is 15.2 Å². The molecular weight excluding hydrogens is 274 g/mol. The van der Waals surface area contributed by atoms with E-state index in [1.54, 1.807) is 0 Å². The number of carboxylic acid groups (broad SMARTS) is 1. The van der Waals surface area contributed by atoms with E-state index in [0.717, 1.165) is 29.2 Å².